The van der Waals surface area contributed by atoms with Gasteiger partial charge in [-0.25, -0.2) is 4.79 Å². The van der Waals surface area contributed by atoms with Gasteiger partial charge in [-0.2, -0.15) is 0 Å². The molecule has 1 saturated carbocycles. The highest BCUT2D eigenvalue weighted by molar-refractivity contribution is 6.76. The first-order chi connectivity index (χ1) is 12.2. The number of hydrogen-bond acceptors (Lipinski definition) is 4. The Morgan fingerprint density at radius 3 is 2.88 bits per heavy atom. The normalized spacial score (nSPS) is 34.6. The molecule has 1 saturated heterocycles. The van der Waals surface area contributed by atoms with E-state index in [1.54, 1.807) is 0 Å². The minimum atomic E-state index is -1.11. The third kappa shape index (κ3) is 4.32. The molecule has 0 aromatic heterocycles. The molecule has 2 bridgehead atoms. The van der Waals surface area contributed by atoms with Crippen molar-refractivity contribution in [1.82, 2.24) is 0 Å². The summed E-state index contributed by atoms with van der Waals surface area (Å²) in [6.07, 6.45) is 7.15. The first-order valence-electron chi connectivity index (χ1n) is 9.97. The fraction of sp³-hybridized carbons (Fsp3) is 0.762. The summed E-state index contributed by atoms with van der Waals surface area (Å²) in [7, 11) is -1.11. The van der Waals surface area contributed by atoms with Crippen molar-refractivity contribution in [3.63, 3.8) is 0 Å². The molecule has 4 unspecified atom stereocenters. The maximum absolute atomic E-state index is 12.2. The van der Waals surface area contributed by atoms with Crippen LogP contribution >= 0.6 is 0 Å². The van der Waals surface area contributed by atoms with E-state index < -0.39 is 8.07 Å². The molecular formula is C21H34O4Si. The van der Waals surface area contributed by atoms with Gasteiger partial charge < -0.3 is 14.2 Å². The fourth-order valence-electron chi connectivity index (χ4n) is 4.55. The van der Waals surface area contributed by atoms with Crippen molar-refractivity contribution in [3.05, 3.63) is 23.8 Å². The van der Waals surface area contributed by atoms with Crippen molar-refractivity contribution in [2.45, 2.75) is 76.9 Å². The van der Waals surface area contributed by atoms with E-state index >= 15 is 0 Å². The van der Waals surface area contributed by atoms with Crippen LogP contribution in [0.5, 0.6) is 0 Å². The van der Waals surface area contributed by atoms with Gasteiger partial charge in [0.15, 0.2) is 0 Å². The Kier molecular flexibility index (Phi) is 5.80. The lowest BCUT2D eigenvalue weighted by atomic mass is 9.65. The molecule has 0 aromatic rings. The summed E-state index contributed by atoms with van der Waals surface area (Å²) in [4.78, 5) is 12.2. The Morgan fingerprint density at radius 1 is 1.38 bits per heavy atom. The molecule has 146 valence electrons. The molecule has 0 N–H and O–H groups in total. The smallest absolute Gasteiger partial charge is 0.334 e. The number of hydrogen-bond donors (Lipinski definition) is 0. The number of fused-ring (bicyclic) bond motifs is 3. The zero-order valence-electron chi connectivity index (χ0n) is 16.8. The van der Waals surface area contributed by atoms with Crippen LogP contribution in [0.2, 0.25) is 25.7 Å². The van der Waals surface area contributed by atoms with Crippen LogP contribution < -0.4 is 0 Å². The van der Waals surface area contributed by atoms with Crippen LogP contribution in [0, 0.1) is 11.3 Å². The molecule has 4 atom stereocenters. The minimum absolute atomic E-state index is 0.0134. The van der Waals surface area contributed by atoms with E-state index in [1.807, 2.05) is 0 Å². The van der Waals surface area contributed by atoms with Gasteiger partial charge in [0.2, 0.25) is 0 Å². The van der Waals surface area contributed by atoms with E-state index in [4.69, 9.17) is 14.2 Å². The van der Waals surface area contributed by atoms with Gasteiger partial charge in [0.1, 0.15) is 19.0 Å². The van der Waals surface area contributed by atoms with Gasteiger partial charge in [-0.15, -0.1) is 0 Å². The van der Waals surface area contributed by atoms with Gasteiger partial charge in [-0.3, -0.25) is 0 Å². The molecule has 26 heavy (non-hydrogen) atoms. The van der Waals surface area contributed by atoms with Gasteiger partial charge in [-0.05, 0) is 38.1 Å². The van der Waals surface area contributed by atoms with Crippen molar-refractivity contribution < 1.29 is 19.0 Å². The van der Waals surface area contributed by atoms with Crippen LogP contribution in [0.15, 0.2) is 23.8 Å². The first kappa shape index (κ1) is 19.8. The van der Waals surface area contributed by atoms with Crippen molar-refractivity contribution in [1.29, 1.82) is 0 Å². The van der Waals surface area contributed by atoms with Crippen LogP contribution in [0.3, 0.4) is 0 Å². The number of esters is 1. The van der Waals surface area contributed by atoms with Crippen LogP contribution in [-0.4, -0.2) is 39.7 Å². The SMILES string of the molecule is C=C1C(=O)OC2C1CCC1=CCCC(C)(C1)C2OCOCC[Si](C)(C)C. The highest BCUT2D eigenvalue weighted by atomic mass is 28.3. The quantitative estimate of drug-likeness (QED) is 0.168. The van der Waals surface area contributed by atoms with Crippen LogP contribution in [-0.2, 0) is 19.0 Å². The van der Waals surface area contributed by atoms with Crippen molar-refractivity contribution in [2.75, 3.05) is 13.4 Å². The highest BCUT2D eigenvalue weighted by Crippen LogP contribution is 2.49. The number of carbonyl (C=O) groups excluding carboxylic acids is 1. The second-order valence-electron chi connectivity index (χ2n) is 9.70. The summed E-state index contributed by atoms with van der Waals surface area (Å²) in [6.45, 7) is 14.3. The maximum atomic E-state index is 12.2. The Hall–Kier alpha value is -0.913. The summed E-state index contributed by atoms with van der Waals surface area (Å²) in [5.74, 6) is -0.183. The predicted molar refractivity (Wildman–Crippen MR) is 106 cm³/mol. The predicted octanol–water partition coefficient (Wildman–Crippen LogP) is 4.69. The van der Waals surface area contributed by atoms with Gasteiger partial charge in [0.25, 0.3) is 0 Å². The summed E-state index contributed by atoms with van der Waals surface area (Å²) < 4.78 is 17.8. The molecule has 0 aromatic carbocycles. The molecule has 4 nitrogen and oxygen atoms in total. The Morgan fingerprint density at radius 2 is 2.15 bits per heavy atom. The summed E-state index contributed by atoms with van der Waals surface area (Å²) >= 11 is 0. The number of rotatable bonds is 6. The number of allylic oxidation sites excluding steroid dienone is 2. The van der Waals surface area contributed by atoms with E-state index in [0.29, 0.717) is 5.57 Å². The molecular weight excluding hydrogens is 344 g/mol. The topological polar surface area (TPSA) is 44.8 Å². The molecule has 0 radical (unpaired) electrons. The molecule has 5 heteroatoms. The minimum Gasteiger partial charge on any atom is -0.456 e. The van der Waals surface area contributed by atoms with Gasteiger partial charge in [0.05, 0.1) is 0 Å². The van der Waals surface area contributed by atoms with Crippen molar-refractivity contribution in [2.24, 2.45) is 11.3 Å². The Labute approximate surface area is 159 Å². The summed E-state index contributed by atoms with van der Waals surface area (Å²) in [5.41, 5.74) is 2.10. The standard InChI is InChI=1S/C21H34O4Si/c1-15-17-9-8-16-7-6-10-21(2,13-16)19(18(17)25-20(15)22)24-14-23-11-12-26(3,4)5/h7,17-19H,1,6,8-14H2,2-5H3. The van der Waals surface area contributed by atoms with Crippen LogP contribution in [0.1, 0.15) is 39.0 Å². The van der Waals surface area contributed by atoms with E-state index in [9.17, 15) is 4.79 Å². The third-order valence-electron chi connectivity index (χ3n) is 6.22. The molecule has 3 rings (SSSR count). The average molecular weight is 379 g/mol. The molecule has 1 heterocycles. The average Bonchev–Trinajstić information content (AvgIpc) is 2.81. The number of ether oxygens (including phenoxy) is 3. The van der Waals surface area contributed by atoms with E-state index in [-0.39, 0.29) is 36.3 Å². The molecule has 0 amide bonds. The first-order valence-corrected chi connectivity index (χ1v) is 13.7. The van der Waals surface area contributed by atoms with E-state index in [2.05, 4.69) is 39.2 Å². The van der Waals surface area contributed by atoms with E-state index in [1.165, 1.54) is 5.57 Å². The molecule has 1 aliphatic heterocycles. The second kappa shape index (κ2) is 7.61. The van der Waals surface area contributed by atoms with Crippen molar-refractivity contribution in [3.8, 4) is 0 Å². The van der Waals surface area contributed by atoms with E-state index in [0.717, 1.165) is 44.8 Å². The largest absolute Gasteiger partial charge is 0.456 e. The van der Waals surface area contributed by atoms with Gasteiger partial charge in [0, 0.05) is 31.6 Å². The number of carbonyl (C=O) groups is 1. The zero-order chi connectivity index (χ0) is 18.9. The molecule has 2 fully saturated rings. The maximum Gasteiger partial charge on any atom is 0.334 e. The molecule has 0 spiro atoms. The van der Waals surface area contributed by atoms with Crippen molar-refractivity contribution >= 4 is 14.0 Å². The van der Waals surface area contributed by atoms with Gasteiger partial charge >= 0.3 is 5.97 Å². The lowest BCUT2D eigenvalue weighted by molar-refractivity contribution is -0.183. The summed E-state index contributed by atoms with van der Waals surface area (Å²) in [5, 5.41) is 0. The molecule has 3 aliphatic rings. The zero-order valence-corrected chi connectivity index (χ0v) is 17.8. The molecule has 2 aliphatic carbocycles. The Balaban J connectivity index is 1.71. The highest BCUT2D eigenvalue weighted by Gasteiger charge is 2.52. The Bertz CT molecular complexity index is 591. The van der Waals surface area contributed by atoms with Crippen LogP contribution in [0.25, 0.3) is 0 Å². The van der Waals surface area contributed by atoms with Crippen LogP contribution in [0.4, 0.5) is 0 Å². The lowest BCUT2D eigenvalue weighted by Gasteiger charge is -2.45. The second-order valence-corrected chi connectivity index (χ2v) is 15.3. The lowest BCUT2D eigenvalue weighted by Crippen LogP contribution is -2.48. The fourth-order valence-corrected chi connectivity index (χ4v) is 5.31. The summed E-state index contributed by atoms with van der Waals surface area (Å²) in [6, 6.07) is 1.13. The van der Waals surface area contributed by atoms with Gasteiger partial charge in [-0.1, -0.05) is 44.8 Å². The third-order valence-corrected chi connectivity index (χ3v) is 7.92. The monoisotopic (exact) mass is 378 g/mol.